The molecular formula is C17H29IN4O3S. The van der Waals surface area contributed by atoms with Crippen LogP contribution in [0.4, 0.5) is 0 Å². The van der Waals surface area contributed by atoms with E-state index in [2.05, 4.69) is 20.9 Å². The van der Waals surface area contributed by atoms with E-state index in [1.54, 1.807) is 33.2 Å². The standard InChI is InChI=1S/C17H28N4O3S.HI/c1-12-9-13(7-8-14(12)25(6,23)24)10-20-16(19-5)21-11-17(2,3)15(22)18-4;/h7-9H,10-11H2,1-6H3,(H,18,22)(H2,19,20,21);1H. The van der Waals surface area contributed by atoms with Crippen molar-refractivity contribution in [2.45, 2.75) is 32.2 Å². The third kappa shape index (κ3) is 7.10. The first-order chi connectivity index (χ1) is 11.5. The van der Waals surface area contributed by atoms with E-state index in [0.29, 0.717) is 29.5 Å². The third-order valence-corrected chi connectivity index (χ3v) is 5.12. The lowest BCUT2D eigenvalue weighted by Crippen LogP contribution is -2.47. The Labute approximate surface area is 173 Å². The largest absolute Gasteiger partial charge is 0.359 e. The van der Waals surface area contributed by atoms with E-state index < -0.39 is 15.3 Å². The number of nitrogens with one attached hydrogen (secondary N) is 3. The maximum absolute atomic E-state index is 11.8. The highest BCUT2D eigenvalue weighted by molar-refractivity contribution is 14.0. The predicted octanol–water partition coefficient (Wildman–Crippen LogP) is 1.45. The van der Waals surface area contributed by atoms with Crippen molar-refractivity contribution < 1.29 is 13.2 Å². The van der Waals surface area contributed by atoms with Gasteiger partial charge in [0.05, 0.1) is 10.3 Å². The Hall–Kier alpha value is -1.36. The van der Waals surface area contributed by atoms with Gasteiger partial charge in [0, 0.05) is 33.4 Å². The number of aliphatic imine (C=N–C) groups is 1. The molecule has 1 aromatic rings. The summed E-state index contributed by atoms with van der Waals surface area (Å²) in [5, 5.41) is 8.93. The molecule has 0 bridgehead atoms. The Morgan fingerprint density at radius 3 is 2.31 bits per heavy atom. The average Bonchev–Trinajstić information content (AvgIpc) is 2.52. The van der Waals surface area contributed by atoms with Crippen LogP contribution in [0.3, 0.4) is 0 Å². The van der Waals surface area contributed by atoms with Crippen LogP contribution in [0.15, 0.2) is 28.1 Å². The second kappa shape index (κ2) is 10.1. The number of benzene rings is 1. The SMILES string of the molecule is CN=C(NCc1ccc(S(C)(=O)=O)c(C)c1)NCC(C)(C)C(=O)NC.I. The molecule has 148 valence electrons. The highest BCUT2D eigenvalue weighted by atomic mass is 127. The lowest BCUT2D eigenvalue weighted by atomic mass is 9.92. The molecule has 1 rings (SSSR count). The molecule has 0 aliphatic heterocycles. The van der Waals surface area contributed by atoms with Gasteiger partial charge in [0.1, 0.15) is 0 Å². The minimum Gasteiger partial charge on any atom is -0.359 e. The lowest BCUT2D eigenvalue weighted by molar-refractivity contribution is -0.128. The summed E-state index contributed by atoms with van der Waals surface area (Å²) in [6, 6.07) is 5.23. The number of amides is 1. The van der Waals surface area contributed by atoms with Crippen molar-refractivity contribution in [3.05, 3.63) is 29.3 Å². The van der Waals surface area contributed by atoms with Gasteiger partial charge < -0.3 is 16.0 Å². The molecule has 26 heavy (non-hydrogen) atoms. The number of nitrogens with zero attached hydrogens (tertiary/aromatic N) is 1. The van der Waals surface area contributed by atoms with Gasteiger partial charge in [-0.3, -0.25) is 9.79 Å². The van der Waals surface area contributed by atoms with Crippen LogP contribution < -0.4 is 16.0 Å². The zero-order valence-corrected chi connectivity index (χ0v) is 19.3. The quantitative estimate of drug-likeness (QED) is 0.315. The smallest absolute Gasteiger partial charge is 0.227 e. The van der Waals surface area contributed by atoms with Gasteiger partial charge in [-0.05, 0) is 38.0 Å². The van der Waals surface area contributed by atoms with Crippen molar-refractivity contribution in [3.8, 4) is 0 Å². The molecule has 3 N–H and O–H groups in total. The summed E-state index contributed by atoms with van der Waals surface area (Å²) < 4.78 is 23.3. The number of carbonyl (C=O) groups excluding carboxylic acids is 1. The zero-order valence-electron chi connectivity index (χ0n) is 16.1. The predicted molar refractivity (Wildman–Crippen MR) is 116 cm³/mol. The van der Waals surface area contributed by atoms with Crippen LogP contribution >= 0.6 is 24.0 Å². The molecule has 0 aliphatic carbocycles. The molecule has 0 spiro atoms. The Morgan fingerprint density at radius 2 is 1.85 bits per heavy atom. The maximum Gasteiger partial charge on any atom is 0.227 e. The van der Waals surface area contributed by atoms with Crippen LogP contribution in [-0.4, -0.2) is 47.2 Å². The molecule has 1 amide bonds. The maximum atomic E-state index is 11.8. The Morgan fingerprint density at radius 1 is 1.23 bits per heavy atom. The van der Waals surface area contributed by atoms with Gasteiger partial charge in [-0.25, -0.2) is 8.42 Å². The van der Waals surface area contributed by atoms with Crippen LogP contribution in [0.25, 0.3) is 0 Å². The third-order valence-electron chi connectivity index (χ3n) is 3.86. The summed E-state index contributed by atoms with van der Waals surface area (Å²) >= 11 is 0. The molecule has 9 heteroatoms. The van der Waals surface area contributed by atoms with E-state index in [-0.39, 0.29) is 29.9 Å². The van der Waals surface area contributed by atoms with Crippen molar-refractivity contribution in [1.29, 1.82) is 0 Å². The van der Waals surface area contributed by atoms with Gasteiger partial charge >= 0.3 is 0 Å². The van der Waals surface area contributed by atoms with E-state index in [1.807, 2.05) is 19.9 Å². The fraction of sp³-hybridized carbons (Fsp3) is 0.529. The van der Waals surface area contributed by atoms with E-state index in [0.717, 1.165) is 5.56 Å². The Kier molecular flexibility index (Phi) is 9.57. The number of hydrogen-bond acceptors (Lipinski definition) is 4. The van der Waals surface area contributed by atoms with E-state index in [1.165, 1.54) is 6.26 Å². The molecule has 0 fully saturated rings. The summed E-state index contributed by atoms with van der Waals surface area (Å²) in [4.78, 5) is 16.3. The summed E-state index contributed by atoms with van der Waals surface area (Å²) in [5.74, 6) is 0.518. The summed E-state index contributed by atoms with van der Waals surface area (Å²) in [7, 11) is 0.0475. The molecule has 0 radical (unpaired) electrons. The van der Waals surface area contributed by atoms with Crippen molar-refractivity contribution >= 4 is 45.7 Å². The first kappa shape index (κ1) is 24.6. The molecule has 7 nitrogen and oxygen atoms in total. The normalized spacial score (nSPS) is 12.2. The number of hydrogen-bond donors (Lipinski definition) is 3. The van der Waals surface area contributed by atoms with Crippen LogP contribution in [-0.2, 0) is 21.2 Å². The Balaban J connectivity index is 0.00000625. The number of carbonyl (C=O) groups is 1. The minimum atomic E-state index is -3.22. The second-order valence-electron chi connectivity index (χ2n) is 6.61. The highest BCUT2D eigenvalue weighted by Gasteiger charge is 2.26. The molecule has 0 atom stereocenters. The molecule has 0 heterocycles. The second-order valence-corrected chi connectivity index (χ2v) is 8.60. The molecule has 0 saturated heterocycles. The number of rotatable bonds is 6. The van der Waals surface area contributed by atoms with Crippen molar-refractivity contribution in [2.75, 3.05) is 26.9 Å². The van der Waals surface area contributed by atoms with E-state index >= 15 is 0 Å². The topological polar surface area (TPSA) is 99.7 Å². The van der Waals surface area contributed by atoms with E-state index in [9.17, 15) is 13.2 Å². The van der Waals surface area contributed by atoms with Gasteiger partial charge in [-0.2, -0.15) is 0 Å². The lowest BCUT2D eigenvalue weighted by Gasteiger charge is -2.24. The zero-order chi connectivity index (χ0) is 19.3. The molecule has 1 aromatic carbocycles. The number of halogens is 1. The van der Waals surface area contributed by atoms with Gasteiger partial charge in [0.15, 0.2) is 15.8 Å². The van der Waals surface area contributed by atoms with E-state index in [4.69, 9.17) is 0 Å². The first-order valence-electron chi connectivity index (χ1n) is 7.97. The van der Waals surface area contributed by atoms with Crippen LogP contribution in [0, 0.1) is 12.3 Å². The molecule has 0 unspecified atom stereocenters. The van der Waals surface area contributed by atoms with Gasteiger partial charge in [0.25, 0.3) is 0 Å². The summed E-state index contributed by atoms with van der Waals surface area (Å²) in [6.45, 7) is 6.39. The minimum absolute atomic E-state index is 0. The number of guanidine groups is 1. The highest BCUT2D eigenvalue weighted by Crippen LogP contribution is 2.16. The van der Waals surface area contributed by atoms with Crippen molar-refractivity contribution in [1.82, 2.24) is 16.0 Å². The average molecular weight is 496 g/mol. The summed E-state index contributed by atoms with van der Waals surface area (Å²) in [5.41, 5.74) is 1.09. The fourth-order valence-electron chi connectivity index (χ4n) is 2.37. The molecule has 0 aliphatic rings. The Bertz CT molecular complexity index is 761. The first-order valence-corrected chi connectivity index (χ1v) is 9.86. The van der Waals surface area contributed by atoms with Crippen molar-refractivity contribution in [2.24, 2.45) is 10.4 Å². The van der Waals surface area contributed by atoms with Crippen molar-refractivity contribution in [3.63, 3.8) is 0 Å². The molecular weight excluding hydrogens is 467 g/mol. The fourth-order valence-corrected chi connectivity index (χ4v) is 3.33. The van der Waals surface area contributed by atoms with Crippen LogP contribution in [0.2, 0.25) is 0 Å². The summed E-state index contributed by atoms with van der Waals surface area (Å²) in [6.07, 6.45) is 1.20. The van der Waals surface area contributed by atoms with Gasteiger partial charge in [0.2, 0.25) is 5.91 Å². The van der Waals surface area contributed by atoms with Gasteiger partial charge in [-0.15, -0.1) is 24.0 Å². The van der Waals surface area contributed by atoms with Crippen LogP contribution in [0.5, 0.6) is 0 Å². The number of sulfone groups is 1. The number of aryl methyl sites for hydroxylation is 1. The molecule has 0 saturated carbocycles. The molecule has 0 aromatic heterocycles. The van der Waals surface area contributed by atoms with Crippen LogP contribution in [0.1, 0.15) is 25.0 Å². The van der Waals surface area contributed by atoms with Gasteiger partial charge in [-0.1, -0.05) is 12.1 Å². The monoisotopic (exact) mass is 496 g/mol.